The summed E-state index contributed by atoms with van der Waals surface area (Å²) in [7, 11) is 0. The zero-order chi connectivity index (χ0) is 22.6. The van der Waals surface area contributed by atoms with Gasteiger partial charge in [0.25, 0.3) is 5.69 Å². The van der Waals surface area contributed by atoms with E-state index in [2.05, 4.69) is 20.5 Å². The van der Waals surface area contributed by atoms with E-state index in [1.165, 1.54) is 12.1 Å². The Morgan fingerprint density at radius 2 is 1.67 bits per heavy atom. The van der Waals surface area contributed by atoms with Gasteiger partial charge in [0.05, 0.1) is 16.3 Å². The third-order valence-electron chi connectivity index (χ3n) is 4.86. The van der Waals surface area contributed by atoms with E-state index < -0.39 is 4.92 Å². The number of nitro groups is 1. The second-order valence-electron chi connectivity index (χ2n) is 7.10. The van der Waals surface area contributed by atoms with E-state index in [1.807, 2.05) is 41.8 Å². The second kappa shape index (κ2) is 8.93. The normalized spacial score (nSPS) is 10.7. The minimum atomic E-state index is -0.429. The van der Waals surface area contributed by atoms with Gasteiger partial charge in [0.1, 0.15) is 5.01 Å². The molecule has 33 heavy (non-hydrogen) atoms. The van der Waals surface area contributed by atoms with Gasteiger partial charge in [-0.05, 0) is 36.4 Å². The summed E-state index contributed by atoms with van der Waals surface area (Å²) in [5, 5.41) is 25.6. The standard InChI is InChI=1S/C24H16N6O2S/c31-30(32)20-8-2-5-17(13-20)21-9-10-23(29-28-21)26-19-7-1-4-16(12-19)22-15-33-24(27-22)18-6-3-11-25-14-18/h1-15H,(H,26,29). The molecule has 0 fully saturated rings. The van der Waals surface area contributed by atoms with Gasteiger partial charge in [0.2, 0.25) is 0 Å². The number of thiazole rings is 1. The lowest BCUT2D eigenvalue weighted by Gasteiger charge is -2.07. The highest BCUT2D eigenvalue weighted by molar-refractivity contribution is 7.13. The molecule has 0 saturated carbocycles. The summed E-state index contributed by atoms with van der Waals surface area (Å²) in [6.07, 6.45) is 3.54. The van der Waals surface area contributed by atoms with Crippen LogP contribution >= 0.6 is 11.3 Å². The Labute approximate surface area is 192 Å². The van der Waals surface area contributed by atoms with Crippen molar-refractivity contribution in [1.29, 1.82) is 0 Å². The molecule has 0 aliphatic heterocycles. The van der Waals surface area contributed by atoms with Gasteiger partial charge in [-0.1, -0.05) is 24.3 Å². The van der Waals surface area contributed by atoms with Gasteiger partial charge in [-0.25, -0.2) is 4.98 Å². The largest absolute Gasteiger partial charge is 0.339 e. The maximum atomic E-state index is 11.0. The Kier molecular flexibility index (Phi) is 5.52. The van der Waals surface area contributed by atoms with Crippen molar-refractivity contribution < 1.29 is 4.92 Å². The fraction of sp³-hybridized carbons (Fsp3) is 0. The summed E-state index contributed by atoms with van der Waals surface area (Å²) in [6.45, 7) is 0. The van der Waals surface area contributed by atoms with Crippen LogP contribution in [0.1, 0.15) is 0 Å². The van der Waals surface area contributed by atoms with E-state index in [-0.39, 0.29) is 5.69 Å². The molecule has 0 aliphatic rings. The van der Waals surface area contributed by atoms with Crippen LogP contribution in [0.5, 0.6) is 0 Å². The number of nitrogens with one attached hydrogen (secondary N) is 1. The van der Waals surface area contributed by atoms with E-state index in [0.717, 1.165) is 27.5 Å². The molecule has 0 atom stereocenters. The first kappa shape index (κ1) is 20.4. The second-order valence-corrected chi connectivity index (χ2v) is 7.95. The Morgan fingerprint density at radius 3 is 2.42 bits per heavy atom. The third kappa shape index (κ3) is 4.58. The van der Waals surface area contributed by atoms with Crippen LogP contribution in [-0.2, 0) is 0 Å². The number of nitro benzene ring substituents is 1. The lowest BCUT2D eigenvalue weighted by Crippen LogP contribution is -1.97. The van der Waals surface area contributed by atoms with Gasteiger partial charge in [0.15, 0.2) is 5.82 Å². The monoisotopic (exact) mass is 452 g/mol. The van der Waals surface area contributed by atoms with Crippen molar-refractivity contribution in [2.24, 2.45) is 0 Å². The van der Waals surface area contributed by atoms with E-state index in [4.69, 9.17) is 4.98 Å². The number of benzene rings is 2. The molecule has 0 bridgehead atoms. The molecule has 5 rings (SSSR count). The number of hydrogen-bond acceptors (Lipinski definition) is 8. The van der Waals surface area contributed by atoms with Crippen LogP contribution in [0, 0.1) is 10.1 Å². The molecule has 3 heterocycles. The summed E-state index contributed by atoms with van der Waals surface area (Å²) in [4.78, 5) is 19.5. The fourth-order valence-corrected chi connectivity index (χ4v) is 4.08. The number of nitrogens with zero attached hydrogens (tertiary/aromatic N) is 5. The van der Waals surface area contributed by atoms with Crippen molar-refractivity contribution in [1.82, 2.24) is 20.2 Å². The topological polar surface area (TPSA) is 107 Å². The third-order valence-corrected chi connectivity index (χ3v) is 5.75. The van der Waals surface area contributed by atoms with Crippen LogP contribution in [0.4, 0.5) is 17.2 Å². The van der Waals surface area contributed by atoms with E-state index in [9.17, 15) is 10.1 Å². The summed E-state index contributed by atoms with van der Waals surface area (Å²) in [5.74, 6) is 0.565. The Hall–Kier alpha value is -4.50. The van der Waals surface area contributed by atoms with Crippen LogP contribution in [0.2, 0.25) is 0 Å². The molecule has 160 valence electrons. The van der Waals surface area contributed by atoms with Crippen molar-refractivity contribution in [3.8, 4) is 33.1 Å². The Balaban J connectivity index is 1.34. The average Bonchev–Trinajstić information content (AvgIpc) is 3.36. The van der Waals surface area contributed by atoms with Gasteiger partial charge >= 0.3 is 0 Å². The molecule has 0 spiro atoms. The van der Waals surface area contributed by atoms with Crippen LogP contribution in [-0.4, -0.2) is 25.1 Å². The van der Waals surface area contributed by atoms with E-state index in [0.29, 0.717) is 17.1 Å². The molecule has 0 aliphatic carbocycles. The minimum Gasteiger partial charge on any atom is -0.339 e. The molecule has 0 saturated heterocycles. The number of anilines is 2. The van der Waals surface area contributed by atoms with Crippen LogP contribution < -0.4 is 5.32 Å². The highest BCUT2D eigenvalue weighted by atomic mass is 32.1. The zero-order valence-corrected chi connectivity index (χ0v) is 17.9. The first-order valence-electron chi connectivity index (χ1n) is 9.98. The van der Waals surface area contributed by atoms with Gasteiger partial charge in [-0.2, -0.15) is 0 Å². The summed E-state index contributed by atoms with van der Waals surface area (Å²) in [6, 6.07) is 21.7. The summed E-state index contributed by atoms with van der Waals surface area (Å²) < 4.78 is 0. The van der Waals surface area contributed by atoms with Crippen molar-refractivity contribution in [2.75, 3.05) is 5.32 Å². The average molecular weight is 452 g/mol. The molecule has 5 aromatic rings. The maximum Gasteiger partial charge on any atom is 0.270 e. The molecule has 0 amide bonds. The van der Waals surface area contributed by atoms with Crippen LogP contribution in [0.15, 0.2) is 90.6 Å². The molecule has 3 aromatic heterocycles. The summed E-state index contributed by atoms with van der Waals surface area (Å²) >= 11 is 1.57. The number of hydrogen-bond donors (Lipinski definition) is 1. The maximum absolute atomic E-state index is 11.0. The number of pyridine rings is 1. The highest BCUT2D eigenvalue weighted by Gasteiger charge is 2.10. The smallest absolute Gasteiger partial charge is 0.270 e. The number of aromatic nitrogens is 4. The molecule has 2 aromatic carbocycles. The molecule has 0 radical (unpaired) electrons. The molecule has 9 heteroatoms. The first-order chi connectivity index (χ1) is 16.2. The van der Waals surface area contributed by atoms with Gasteiger partial charge in [0, 0.05) is 52.3 Å². The van der Waals surface area contributed by atoms with Gasteiger partial charge in [-0.3, -0.25) is 15.1 Å². The molecule has 8 nitrogen and oxygen atoms in total. The minimum absolute atomic E-state index is 0.0158. The first-order valence-corrected chi connectivity index (χ1v) is 10.9. The van der Waals surface area contributed by atoms with Crippen LogP contribution in [0.25, 0.3) is 33.1 Å². The predicted molar refractivity (Wildman–Crippen MR) is 128 cm³/mol. The fourth-order valence-electron chi connectivity index (χ4n) is 3.26. The summed E-state index contributed by atoms with van der Waals surface area (Å²) in [5.41, 5.74) is 4.91. The Bertz CT molecular complexity index is 1420. The lowest BCUT2D eigenvalue weighted by molar-refractivity contribution is -0.384. The molecule has 1 N–H and O–H groups in total. The van der Waals surface area contributed by atoms with Crippen molar-refractivity contribution in [3.63, 3.8) is 0 Å². The molecular formula is C24H16N6O2S. The number of rotatable bonds is 6. The van der Waals surface area contributed by atoms with Gasteiger partial charge < -0.3 is 5.32 Å². The van der Waals surface area contributed by atoms with E-state index >= 15 is 0 Å². The lowest BCUT2D eigenvalue weighted by atomic mass is 10.1. The molecular weight excluding hydrogens is 436 g/mol. The van der Waals surface area contributed by atoms with Gasteiger partial charge in [-0.15, -0.1) is 21.5 Å². The quantitative estimate of drug-likeness (QED) is 0.249. The van der Waals surface area contributed by atoms with Crippen LogP contribution in [0.3, 0.4) is 0 Å². The van der Waals surface area contributed by atoms with E-state index in [1.54, 1.807) is 48.0 Å². The number of non-ortho nitro benzene ring substituents is 1. The van der Waals surface area contributed by atoms with Crippen molar-refractivity contribution in [3.05, 3.63) is 101 Å². The SMILES string of the molecule is O=[N+]([O-])c1cccc(-c2ccc(Nc3cccc(-c4csc(-c5cccnc5)n4)c3)nn2)c1. The highest BCUT2D eigenvalue weighted by Crippen LogP contribution is 2.30. The Morgan fingerprint density at radius 1 is 0.848 bits per heavy atom. The molecule has 0 unspecified atom stereocenters. The van der Waals surface area contributed by atoms with Crippen molar-refractivity contribution >= 4 is 28.5 Å². The zero-order valence-electron chi connectivity index (χ0n) is 17.1. The predicted octanol–water partition coefficient (Wildman–Crippen LogP) is 5.98. The van der Waals surface area contributed by atoms with Crippen molar-refractivity contribution in [2.45, 2.75) is 0 Å².